The third-order valence-corrected chi connectivity index (χ3v) is 3.65. The summed E-state index contributed by atoms with van der Waals surface area (Å²) in [6, 6.07) is 12.0. The molecular formula is C19H19F3N2O. The topological polar surface area (TPSA) is 41.5 Å². The van der Waals surface area contributed by atoms with Crippen LogP contribution in [0.3, 0.4) is 0 Å². The number of hydrogen-bond acceptors (Lipinski definition) is 2. The van der Waals surface area contributed by atoms with Crippen LogP contribution in [-0.2, 0) is 11.6 Å². The van der Waals surface area contributed by atoms with E-state index in [-0.39, 0.29) is 11.0 Å². The number of nitrogens with zero attached hydrogens (tertiary/aromatic N) is 1. The first-order valence-corrected chi connectivity index (χ1v) is 7.69. The van der Waals surface area contributed by atoms with Crippen LogP contribution in [0.1, 0.15) is 47.8 Å². The van der Waals surface area contributed by atoms with E-state index >= 15 is 0 Å². The maximum Gasteiger partial charge on any atom is 0.417 e. The second kappa shape index (κ2) is 7.09. The highest BCUT2D eigenvalue weighted by molar-refractivity contribution is 5.95. The largest absolute Gasteiger partial charge is 0.417 e. The summed E-state index contributed by atoms with van der Waals surface area (Å²) in [6.07, 6.45) is -3.49. The lowest BCUT2D eigenvalue weighted by Gasteiger charge is -2.18. The molecule has 0 aliphatic rings. The van der Waals surface area contributed by atoms with Crippen molar-refractivity contribution in [2.45, 2.75) is 32.4 Å². The van der Waals surface area contributed by atoms with E-state index in [1.165, 1.54) is 18.2 Å². The molecule has 0 unspecified atom stereocenters. The fourth-order valence-corrected chi connectivity index (χ4v) is 2.21. The van der Waals surface area contributed by atoms with Crippen LogP contribution in [0.4, 0.5) is 13.2 Å². The van der Waals surface area contributed by atoms with Gasteiger partial charge in [0.05, 0.1) is 11.8 Å². The molecule has 0 aromatic heterocycles. The normalized spacial score (nSPS) is 12.4. The molecule has 0 spiro atoms. The second-order valence-electron chi connectivity index (χ2n) is 6.61. The van der Waals surface area contributed by atoms with Crippen molar-refractivity contribution in [2.24, 2.45) is 5.10 Å². The van der Waals surface area contributed by atoms with E-state index in [9.17, 15) is 18.0 Å². The minimum Gasteiger partial charge on any atom is -0.267 e. The molecule has 0 bridgehead atoms. The number of alkyl halides is 3. The fourth-order valence-electron chi connectivity index (χ4n) is 2.21. The average molecular weight is 348 g/mol. The van der Waals surface area contributed by atoms with E-state index in [1.807, 2.05) is 12.1 Å². The Morgan fingerprint density at radius 1 is 1.00 bits per heavy atom. The van der Waals surface area contributed by atoms with Crippen LogP contribution in [0.25, 0.3) is 0 Å². The predicted molar refractivity (Wildman–Crippen MR) is 91.6 cm³/mol. The predicted octanol–water partition coefficient (Wildman–Crippen LogP) is 4.77. The Balaban J connectivity index is 2.09. The van der Waals surface area contributed by atoms with Gasteiger partial charge in [0.2, 0.25) is 0 Å². The lowest BCUT2D eigenvalue weighted by Crippen LogP contribution is -2.19. The second-order valence-corrected chi connectivity index (χ2v) is 6.61. The maximum absolute atomic E-state index is 12.9. The number of hydrogen-bond donors (Lipinski definition) is 1. The molecule has 2 aromatic carbocycles. The quantitative estimate of drug-likeness (QED) is 0.630. The molecule has 3 nitrogen and oxygen atoms in total. The lowest BCUT2D eigenvalue weighted by atomic mass is 9.87. The molecule has 132 valence electrons. The van der Waals surface area contributed by atoms with Gasteiger partial charge < -0.3 is 0 Å². The SMILES string of the molecule is CC(C)(C)c1ccc(C(=O)NN=Cc2ccccc2C(F)(F)F)cc1. The third kappa shape index (κ3) is 4.92. The minimum absolute atomic E-state index is 0.0333. The number of amides is 1. The summed E-state index contributed by atoms with van der Waals surface area (Å²) in [5.41, 5.74) is 2.76. The number of benzene rings is 2. The van der Waals surface area contributed by atoms with E-state index in [2.05, 4.69) is 31.3 Å². The highest BCUT2D eigenvalue weighted by Crippen LogP contribution is 2.31. The van der Waals surface area contributed by atoms with Crippen molar-refractivity contribution < 1.29 is 18.0 Å². The Labute approximate surface area is 144 Å². The van der Waals surface area contributed by atoms with Gasteiger partial charge in [-0.3, -0.25) is 4.79 Å². The van der Waals surface area contributed by atoms with Gasteiger partial charge in [-0.05, 0) is 29.2 Å². The summed E-state index contributed by atoms with van der Waals surface area (Å²) in [4.78, 5) is 12.0. The van der Waals surface area contributed by atoms with E-state index < -0.39 is 17.6 Å². The summed E-state index contributed by atoms with van der Waals surface area (Å²) < 4.78 is 38.7. The first-order chi connectivity index (χ1) is 11.6. The zero-order valence-electron chi connectivity index (χ0n) is 14.2. The molecule has 0 saturated heterocycles. The zero-order chi connectivity index (χ0) is 18.7. The number of carbonyl (C=O) groups is 1. The monoisotopic (exact) mass is 348 g/mol. The number of rotatable bonds is 3. The standard InChI is InChI=1S/C19H19F3N2O/c1-18(2,3)15-10-8-13(9-11-15)17(25)24-23-12-14-6-4-5-7-16(14)19(20,21)22/h4-12H,1-3H3,(H,24,25). The summed E-state index contributed by atoms with van der Waals surface area (Å²) in [5.74, 6) is -0.485. The molecule has 0 heterocycles. The van der Waals surface area contributed by atoms with Gasteiger partial charge in [0, 0.05) is 11.1 Å². The molecule has 0 aliphatic heterocycles. The molecule has 0 fully saturated rings. The van der Waals surface area contributed by atoms with Crippen LogP contribution in [0.2, 0.25) is 0 Å². The summed E-state index contributed by atoms with van der Waals surface area (Å²) in [7, 11) is 0. The van der Waals surface area contributed by atoms with E-state index in [0.29, 0.717) is 5.56 Å². The minimum atomic E-state index is -4.48. The first kappa shape index (κ1) is 18.7. The van der Waals surface area contributed by atoms with Crippen molar-refractivity contribution in [3.63, 3.8) is 0 Å². The molecule has 2 aromatic rings. The maximum atomic E-state index is 12.9. The van der Waals surface area contributed by atoms with Gasteiger partial charge in [-0.15, -0.1) is 0 Å². The van der Waals surface area contributed by atoms with Crippen LogP contribution in [0.5, 0.6) is 0 Å². The number of carbonyl (C=O) groups excluding carboxylic acids is 1. The molecule has 1 amide bonds. The highest BCUT2D eigenvalue weighted by Gasteiger charge is 2.32. The van der Waals surface area contributed by atoms with Gasteiger partial charge in [-0.1, -0.05) is 51.1 Å². The van der Waals surface area contributed by atoms with Crippen molar-refractivity contribution in [1.29, 1.82) is 0 Å². The van der Waals surface area contributed by atoms with Crippen LogP contribution in [-0.4, -0.2) is 12.1 Å². The average Bonchev–Trinajstić information content (AvgIpc) is 2.53. The Morgan fingerprint density at radius 2 is 1.60 bits per heavy atom. The Kier molecular flexibility index (Phi) is 5.30. The molecule has 1 N–H and O–H groups in total. The van der Waals surface area contributed by atoms with Crippen LogP contribution in [0, 0.1) is 0 Å². The van der Waals surface area contributed by atoms with Gasteiger partial charge in [0.25, 0.3) is 5.91 Å². The fraction of sp³-hybridized carbons (Fsp3) is 0.263. The van der Waals surface area contributed by atoms with E-state index in [0.717, 1.165) is 17.8 Å². The van der Waals surface area contributed by atoms with Gasteiger partial charge in [0.1, 0.15) is 0 Å². The van der Waals surface area contributed by atoms with Crippen LogP contribution in [0.15, 0.2) is 53.6 Å². The first-order valence-electron chi connectivity index (χ1n) is 7.69. The van der Waals surface area contributed by atoms with Crippen molar-refractivity contribution in [3.05, 3.63) is 70.8 Å². The van der Waals surface area contributed by atoms with Crippen molar-refractivity contribution >= 4 is 12.1 Å². The van der Waals surface area contributed by atoms with E-state index in [1.54, 1.807) is 12.1 Å². The molecule has 25 heavy (non-hydrogen) atoms. The van der Waals surface area contributed by atoms with Crippen molar-refractivity contribution in [3.8, 4) is 0 Å². The van der Waals surface area contributed by atoms with Crippen LogP contribution < -0.4 is 5.43 Å². The molecule has 0 aliphatic carbocycles. The third-order valence-electron chi connectivity index (χ3n) is 3.65. The molecule has 0 saturated carbocycles. The molecule has 2 rings (SSSR count). The Morgan fingerprint density at radius 3 is 2.16 bits per heavy atom. The summed E-state index contributed by atoms with van der Waals surface area (Å²) in [5, 5.41) is 3.64. The summed E-state index contributed by atoms with van der Waals surface area (Å²) >= 11 is 0. The number of hydrazone groups is 1. The molecule has 0 radical (unpaired) electrons. The summed E-state index contributed by atoms with van der Waals surface area (Å²) in [6.45, 7) is 6.18. The number of nitrogens with one attached hydrogen (secondary N) is 1. The Hall–Kier alpha value is -2.63. The van der Waals surface area contributed by atoms with Crippen LogP contribution >= 0.6 is 0 Å². The Bertz CT molecular complexity index is 772. The van der Waals surface area contributed by atoms with E-state index in [4.69, 9.17) is 0 Å². The smallest absolute Gasteiger partial charge is 0.267 e. The molecular weight excluding hydrogens is 329 g/mol. The van der Waals surface area contributed by atoms with Gasteiger partial charge in [0.15, 0.2) is 0 Å². The van der Waals surface area contributed by atoms with Crippen molar-refractivity contribution in [2.75, 3.05) is 0 Å². The van der Waals surface area contributed by atoms with Gasteiger partial charge in [-0.25, -0.2) is 5.43 Å². The number of halogens is 3. The van der Waals surface area contributed by atoms with Gasteiger partial charge in [-0.2, -0.15) is 18.3 Å². The molecule has 6 heteroatoms. The molecule has 0 atom stereocenters. The van der Waals surface area contributed by atoms with Crippen molar-refractivity contribution in [1.82, 2.24) is 5.43 Å². The zero-order valence-corrected chi connectivity index (χ0v) is 14.2. The van der Waals surface area contributed by atoms with Gasteiger partial charge >= 0.3 is 6.18 Å². The lowest BCUT2D eigenvalue weighted by molar-refractivity contribution is -0.137. The highest BCUT2D eigenvalue weighted by atomic mass is 19.4.